The van der Waals surface area contributed by atoms with Crippen LogP contribution < -0.4 is 10.5 Å². The lowest BCUT2D eigenvalue weighted by molar-refractivity contribution is -0.130. The van der Waals surface area contributed by atoms with Gasteiger partial charge in [-0.3, -0.25) is 9.59 Å². The molecular weight excluding hydrogens is 378 g/mol. The molecule has 0 aliphatic carbocycles. The average molecular weight is 406 g/mol. The number of piperidine rings is 1. The molecule has 0 radical (unpaired) electrons. The van der Waals surface area contributed by atoms with Crippen molar-refractivity contribution in [3.8, 4) is 0 Å². The Morgan fingerprint density at radius 2 is 1.77 bits per heavy atom. The van der Waals surface area contributed by atoms with Gasteiger partial charge in [0.2, 0.25) is 5.91 Å². The molecule has 0 spiro atoms. The SMILES string of the molecule is CN(Cc1ccccc1N1CCCCC1)C(=O)CCn1nnc2ccccc2c1=O. The molecule has 1 amide bonds. The van der Waals surface area contributed by atoms with Crippen LogP contribution >= 0.6 is 0 Å². The van der Waals surface area contributed by atoms with E-state index in [0.29, 0.717) is 17.4 Å². The number of aryl methyl sites for hydroxylation is 1. The summed E-state index contributed by atoms with van der Waals surface area (Å²) in [6.45, 7) is 2.90. The Hall–Kier alpha value is -3.22. The summed E-state index contributed by atoms with van der Waals surface area (Å²) >= 11 is 0. The summed E-state index contributed by atoms with van der Waals surface area (Å²) in [6.07, 6.45) is 3.92. The zero-order valence-electron chi connectivity index (χ0n) is 17.3. The summed E-state index contributed by atoms with van der Waals surface area (Å²) in [5.41, 5.74) is 2.72. The number of amides is 1. The highest BCUT2D eigenvalue weighted by Crippen LogP contribution is 2.25. The Balaban J connectivity index is 1.41. The van der Waals surface area contributed by atoms with Crippen molar-refractivity contribution < 1.29 is 4.79 Å². The number of anilines is 1. The van der Waals surface area contributed by atoms with Crippen LogP contribution in [0.2, 0.25) is 0 Å². The first-order valence-corrected chi connectivity index (χ1v) is 10.5. The fourth-order valence-electron chi connectivity index (χ4n) is 3.99. The number of carbonyl (C=O) groups is 1. The van der Waals surface area contributed by atoms with Gasteiger partial charge in [0.15, 0.2) is 0 Å². The summed E-state index contributed by atoms with van der Waals surface area (Å²) in [6, 6.07) is 15.4. The fraction of sp³-hybridized carbons (Fsp3) is 0.391. The Bertz CT molecular complexity index is 1090. The number of rotatable bonds is 6. The van der Waals surface area contributed by atoms with E-state index in [4.69, 9.17) is 0 Å². The molecule has 0 saturated carbocycles. The minimum atomic E-state index is -0.216. The molecule has 0 bridgehead atoms. The van der Waals surface area contributed by atoms with E-state index in [-0.39, 0.29) is 24.4 Å². The zero-order valence-corrected chi connectivity index (χ0v) is 17.3. The lowest BCUT2D eigenvalue weighted by Gasteiger charge is -2.31. The van der Waals surface area contributed by atoms with Gasteiger partial charge in [-0.2, -0.15) is 0 Å². The molecular formula is C23H27N5O2. The normalized spacial score (nSPS) is 14.1. The van der Waals surface area contributed by atoms with Crippen molar-refractivity contribution in [2.45, 2.75) is 38.8 Å². The molecule has 30 heavy (non-hydrogen) atoms. The first-order valence-electron chi connectivity index (χ1n) is 10.5. The van der Waals surface area contributed by atoms with Gasteiger partial charge in [-0.05, 0) is 43.0 Å². The van der Waals surface area contributed by atoms with E-state index in [1.807, 2.05) is 19.2 Å². The molecule has 1 aliphatic rings. The largest absolute Gasteiger partial charge is 0.371 e. The Morgan fingerprint density at radius 1 is 1.03 bits per heavy atom. The Labute approximate surface area is 175 Å². The van der Waals surface area contributed by atoms with Crippen molar-refractivity contribution in [2.75, 3.05) is 25.0 Å². The van der Waals surface area contributed by atoms with Crippen LogP contribution in [0, 0.1) is 0 Å². The number of carbonyl (C=O) groups excluding carboxylic acids is 1. The van der Waals surface area contributed by atoms with Gasteiger partial charge in [-0.1, -0.05) is 35.5 Å². The zero-order chi connectivity index (χ0) is 20.9. The van der Waals surface area contributed by atoms with Gasteiger partial charge in [0, 0.05) is 38.8 Å². The molecule has 0 atom stereocenters. The van der Waals surface area contributed by atoms with E-state index in [9.17, 15) is 9.59 Å². The third kappa shape index (κ3) is 4.35. The number of aromatic nitrogens is 3. The van der Waals surface area contributed by atoms with E-state index in [1.165, 1.54) is 29.6 Å². The molecule has 1 aromatic heterocycles. The van der Waals surface area contributed by atoms with Gasteiger partial charge in [0.05, 0.1) is 11.9 Å². The first-order chi connectivity index (χ1) is 14.6. The topological polar surface area (TPSA) is 71.3 Å². The van der Waals surface area contributed by atoms with Crippen LogP contribution in [0.4, 0.5) is 5.69 Å². The van der Waals surface area contributed by atoms with Gasteiger partial charge in [0.1, 0.15) is 5.52 Å². The highest BCUT2D eigenvalue weighted by Gasteiger charge is 2.17. The number of fused-ring (bicyclic) bond motifs is 1. The lowest BCUT2D eigenvalue weighted by Crippen LogP contribution is -2.33. The second-order valence-electron chi connectivity index (χ2n) is 7.81. The highest BCUT2D eigenvalue weighted by atomic mass is 16.2. The minimum Gasteiger partial charge on any atom is -0.371 e. The predicted molar refractivity (Wildman–Crippen MR) is 117 cm³/mol. The van der Waals surface area contributed by atoms with Crippen molar-refractivity contribution >= 4 is 22.5 Å². The average Bonchev–Trinajstić information content (AvgIpc) is 2.79. The minimum absolute atomic E-state index is 0.0229. The van der Waals surface area contributed by atoms with Gasteiger partial charge in [-0.25, -0.2) is 4.68 Å². The number of hydrogen-bond acceptors (Lipinski definition) is 5. The Kier molecular flexibility index (Phi) is 6.07. The maximum Gasteiger partial charge on any atom is 0.277 e. The van der Waals surface area contributed by atoms with Crippen LogP contribution in [0.1, 0.15) is 31.2 Å². The van der Waals surface area contributed by atoms with Crippen molar-refractivity contribution in [2.24, 2.45) is 0 Å². The number of para-hydroxylation sites is 1. The van der Waals surface area contributed by atoms with Crippen molar-refractivity contribution in [3.63, 3.8) is 0 Å². The van der Waals surface area contributed by atoms with E-state index >= 15 is 0 Å². The van der Waals surface area contributed by atoms with Crippen LogP contribution in [0.5, 0.6) is 0 Å². The van der Waals surface area contributed by atoms with Gasteiger partial charge in [0.25, 0.3) is 5.56 Å². The van der Waals surface area contributed by atoms with Crippen molar-refractivity contribution in [3.05, 3.63) is 64.4 Å². The molecule has 2 aromatic carbocycles. The first kappa shape index (κ1) is 20.1. The van der Waals surface area contributed by atoms with Crippen LogP contribution in [0.15, 0.2) is 53.3 Å². The van der Waals surface area contributed by atoms with Crippen LogP contribution in [0.25, 0.3) is 10.9 Å². The molecule has 1 fully saturated rings. The molecule has 7 heteroatoms. The molecule has 4 rings (SSSR count). The molecule has 0 unspecified atom stereocenters. The predicted octanol–water partition coefficient (Wildman–Crippen LogP) is 2.83. The molecule has 1 aliphatic heterocycles. The number of hydrogen-bond donors (Lipinski definition) is 0. The van der Waals surface area contributed by atoms with E-state index in [0.717, 1.165) is 18.7 Å². The molecule has 7 nitrogen and oxygen atoms in total. The summed E-state index contributed by atoms with van der Waals surface area (Å²) < 4.78 is 1.27. The van der Waals surface area contributed by atoms with Crippen molar-refractivity contribution in [1.82, 2.24) is 19.9 Å². The lowest BCUT2D eigenvalue weighted by atomic mass is 10.1. The standard InChI is InChI=1S/C23H27N5O2/c1-26(17-18-9-3-6-12-21(18)27-14-7-2-8-15-27)22(29)13-16-28-23(30)19-10-4-5-11-20(19)24-25-28/h3-6,9-12H,2,7-8,13-17H2,1H3. The van der Waals surface area contributed by atoms with Crippen LogP contribution in [-0.2, 0) is 17.9 Å². The van der Waals surface area contributed by atoms with Gasteiger partial charge >= 0.3 is 0 Å². The maximum atomic E-state index is 12.7. The summed E-state index contributed by atoms with van der Waals surface area (Å²) in [5, 5.41) is 8.57. The van der Waals surface area contributed by atoms with Crippen LogP contribution in [0.3, 0.4) is 0 Å². The molecule has 3 aromatic rings. The van der Waals surface area contributed by atoms with E-state index in [1.54, 1.807) is 23.1 Å². The summed E-state index contributed by atoms with van der Waals surface area (Å²) in [4.78, 5) is 29.4. The van der Waals surface area contributed by atoms with E-state index in [2.05, 4.69) is 33.4 Å². The van der Waals surface area contributed by atoms with Gasteiger partial charge < -0.3 is 9.80 Å². The third-order valence-corrected chi connectivity index (χ3v) is 5.69. The van der Waals surface area contributed by atoms with Crippen molar-refractivity contribution in [1.29, 1.82) is 0 Å². The Morgan fingerprint density at radius 3 is 2.60 bits per heavy atom. The number of benzene rings is 2. The second kappa shape index (κ2) is 9.07. The molecule has 0 N–H and O–H groups in total. The van der Waals surface area contributed by atoms with E-state index < -0.39 is 0 Å². The monoisotopic (exact) mass is 405 g/mol. The van der Waals surface area contributed by atoms with Gasteiger partial charge in [-0.15, -0.1) is 5.10 Å². The maximum absolute atomic E-state index is 12.7. The summed E-state index contributed by atoms with van der Waals surface area (Å²) in [7, 11) is 1.81. The third-order valence-electron chi connectivity index (χ3n) is 5.69. The fourth-order valence-corrected chi connectivity index (χ4v) is 3.99. The summed E-state index contributed by atoms with van der Waals surface area (Å²) in [5.74, 6) is -0.0229. The highest BCUT2D eigenvalue weighted by molar-refractivity contribution is 5.77. The molecule has 1 saturated heterocycles. The number of nitrogens with zero attached hydrogens (tertiary/aromatic N) is 5. The molecule has 156 valence electrons. The smallest absolute Gasteiger partial charge is 0.277 e. The van der Waals surface area contributed by atoms with Crippen LogP contribution in [-0.4, -0.2) is 45.9 Å². The second-order valence-corrected chi connectivity index (χ2v) is 7.81. The molecule has 2 heterocycles. The quantitative estimate of drug-likeness (QED) is 0.631.